The molecule has 8 nitrogen and oxygen atoms in total. The Balaban J connectivity index is 0.000000227. The van der Waals surface area contributed by atoms with Gasteiger partial charge in [-0.3, -0.25) is 4.98 Å². The fraction of sp³-hybridized carbons (Fsp3) is 0.269. The summed E-state index contributed by atoms with van der Waals surface area (Å²) < 4.78 is 0. The van der Waals surface area contributed by atoms with Crippen LogP contribution in [-0.2, 0) is 6.54 Å². The minimum Gasteiger partial charge on any atom is -0.476 e. The van der Waals surface area contributed by atoms with Gasteiger partial charge >= 0.3 is 5.97 Å². The third-order valence-electron chi connectivity index (χ3n) is 5.77. The van der Waals surface area contributed by atoms with Gasteiger partial charge in [0, 0.05) is 36.4 Å². The summed E-state index contributed by atoms with van der Waals surface area (Å²) in [5, 5.41) is 16.5. The van der Waals surface area contributed by atoms with E-state index in [2.05, 4.69) is 73.0 Å². The van der Waals surface area contributed by atoms with Gasteiger partial charge in [0.1, 0.15) is 12.1 Å². The van der Waals surface area contributed by atoms with Crippen LogP contribution >= 0.6 is 0 Å². The Labute approximate surface area is 197 Å². The molecule has 0 atom stereocenters. The highest BCUT2D eigenvalue weighted by Gasteiger charge is 2.22. The van der Waals surface area contributed by atoms with E-state index in [0.29, 0.717) is 6.04 Å². The van der Waals surface area contributed by atoms with Gasteiger partial charge in [0.15, 0.2) is 5.69 Å². The summed E-state index contributed by atoms with van der Waals surface area (Å²) in [5.74, 6) is -0.0935. The fourth-order valence-corrected chi connectivity index (χ4v) is 3.59. The van der Waals surface area contributed by atoms with E-state index < -0.39 is 5.97 Å². The number of aromatic carboxylic acids is 1. The van der Waals surface area contributed by atoms with Gasteiger partial charge in [-0.05, 0) is 60.6 Å². The van der Waals surface area contributed by atoms with Gasteiger partial charge in [0.2, 0.25) is 0 Å². The zero-order valence-corrected chi connectivity index (χ0v) is 18.7. The highest BCUT2D eigenvalue weighted by Crippen LogP contribution is 2.31. The topological polar surface area (TPSA) is 113 Å². The van der Waals surface area contributed by atoms with Crippen molar-refractivity contribution in [1.29, 1.82) is 0 Å². The van der Waals surface area contributed by atoms with Gasteiger partial charge in [-0.25, -0.2) is 19.7 Å². The van der Waals surface area contributed by atoms with Crippen LogP contribution in [0, 0.1) is 0 Å². The van der Waals surface area contributed by atoms with Crippen molar-refractivity contribution in [3.8, 4) is 11.1 Å². The molecule has 2 fully saturated rings. The van der Waals surface area contributed by atoms with E-state index in [4.69, 9.17) is 5.11 Å². The summed E-state index contributed by atoms with van der Waals surface area (Å²) in [4.78, 5) is 26.1. The van der Waals surface area contributed by atoms with Crippen LogP contribution in [0.1, 0.15) is 41.7 Å². The van der Waals surface area contributed by atoms with Crippen LogP contribution in [0.15, 0.2) is 67.4 Å². The molecule has 0 amide bonds. The van der Waals surface area contributed by atoms with E-state index in [1.165, 1.54) is 61.0 Å². The van der Waals surface area contributed by atoms with Gasteiger partial charge in [-0.15, -0.1) is 0 Å². The van der Waals surface area contributed by atoms with Crippen molar-refractivity contribution < 1.29 is 9.90 Å². The van der Waals surface area contributed by atoms with Gasteiger partial charge in [-0.1, -0.05) is 24.3 Å². The van der Waals surface area contributed by atoms with Gasteiger partial charge in [0.25, 0.3) is 0 Å². The molecular formula is C26H26N6O2. The molecule has 0 unspecified atom stereocenters. The van der Waals surface area contributed by atoms with Crippen LogP contribution in [0.5, 0.6) is 0 Å². The summed E-state index contributed by atoms with van der Waals surface area (Å²) in [5.41, 5.74) is 4.77. The first kappa shape index (κ1) is 21.9. The molecule has 2 saturated carbocycles. The molecule has 2 aromatic carbocycles. The van der Waals surface area contributed by atoms with Crippen LogP contribution in [0.2, 0.25) is 0 Å². The van der Waals surface area contributed by atoms with Crippen LogP contribution in [0.25, 0.3) is 22.0 Å². The minimum absolute atomic E-state index is 0.0301. The molecule has 3 N–H and O–H groups in total. The van der Waals surface area contributed by atoms with E-state index in [9.17, 15) is 4.79 Å². The predicted octanol–water partition coefficient (Wildman–Crippen LogP) is 4.30. The third-order valence-corrected chi connectivity index (χ3v) is 5.77. The van der Waals surface area contributed by atoms with E-state index in [-0.39, 0.29) is 5.69 Å². The lowest BCUT2D eigenvalue weighted by atomic mass is 10.0. The van der Waals surface area contributed by atoms with Crippen molar-refractivity contribution in [3.63, 3.8) is 0 Å². The number of fused-ring (bicyclic) bond motifs is 1. The maximum atomic E-state index is 10.1. The van der Waals surface area contributed by atoms with E-state index in [0.717, 1.165) is 29.3 Å². The average molecular weight is 455 g/mol. The van der Waals surface area contributed by atoms with Crippen LogP contribution < -0.4 is 10.6 Å². The Morgan fingerprint density at radius 2 is 1.76 bits per heavy atom. The molecule has 34 heavy (non-hydrogen) atoms. The van der Waals surface area contributed by atoms with E-state index in [1.54, 1.807) is 6.33 Å². The molecule has 0 aliphatic heterocycles. The molecule has 2 aromatic heterocycles. The van der Waals surface area contributed by atoms with Crippen molar-refractivity contribution >= 4 is 22.7 Å². The van der Waals surface area contributed by atoms with E-state index >= 15 is 0 Å². The lowest BCUT2D eigenvalue weighted by Crippen LogP contribution is -2.15. The summed E-state index contributed by atoms with van der Waals surface area (Å²) in [6, 6.07) is 16.6. The smallest absolute Gasteiger partial charge is 0.356 e. The first-order chi connectivity index (χ1) is 16.7. The van der Waals surface area contributed by atoms with Crippen molar-refractivity contribution in [3.05, 3.63) is 78.6 Å². The molecule has 2 heterocycles. The molecule has 0 saturated heterocycles. The number of benzene rings is 2. The predicted molar refractivity (Wildman–Crippen MR) is 130 cm³/mol. The molecular weight excluding hydrogens is 428 g/mol. The molecule has 2 aliphatic rings. The largest absolute Gasteiger partial charge is 0.476 e. The molecule has 4 aromatic rings. The van der Waals surface area contributed by atoms with Gasteiger partial charge < -0.3 is 15.7 Å². The minimum atomic E-state index is -1.05. The normalized spacial score (nSPS) is 14.8. The second kappa shape index (κ2) is 9.93. The van der Waals surface area contributed by atoms with Crippen LogP contribution in [0.3, 0.4) is 0 Å². The monoisotopic (exact) mass is 454 g/mol. The number of rotatable bonds is 7. The zero-order chi connectivity index (χ0) is 23.3. The molecule has 0 spiro atoms. The number of hydrogen-bond acceptors (Lipinski definition) is 7. The molecule has 8 heteroatoms. The molecule has 172 valence electrons. The lowest BCUT2D eigenvalue weighted by Gasteiger charge is -2.10. The maximum absolute atomic E-state index is 10.1. The quantitative estimate of drug-likeness (QED) is 0.379. The Morgan fingerprint density at radius 1 is 0.941 bits per heavy atom. The third kappa shape index (κ3) is 5.71. The second-order valence-corrected chi connectivity index (χ2v) is 8.62. The summed E-state index contributed by atoms with van der Waals surface area (Å²) in [7, 11) is 0. The van der Waals surface area contributed by atoms with Crippen molar-refractivity contribution in [2.75, 3.05) is 5.32 Å². The number of anilines is 1. The first-order valence-corrected chi connectivity index (χ1v) is 11.5. The number of aromatic nitrogens is 4. The van der Waals surface area contributed by atoms with Crippen molar-refractivity contribution in [2.24, 2.45) is 0 Å². The van der Waals surface area contributed by atoms with E-state index in [1.807, 2.05) is 0 Å². The Kier molecular flexibility index (Phi) is 6.40. The molecule has 0 bridgehead atoms. The fourth-order valence-electron chi connectivity index (χ4n) is 3.59. The SMILES string of the molecule is O=C(O)c1cnccn1.c1cc(CNC2CC2)cc(-c2ccc3ncnc(NC4CC4)c3c2)c1. The number of nitrogens with one attached hydrogen (secondary N) is 2. The maximum Gasteiger partial charge on any atom is 0.356 e. The summed E-state index contributed by atoms with van der Waals surface area (Å²) in [6.07, 6.45) is 10.7. The van der Waals surface area contributed by atoms with Crippen LogP contribution in [0.4, 0.5) is 5.82 Å². The molecule has 2 aliphatic carbocycles. The Hall–Kier alpha value is -3.91. The number of carboxylic acids is 1. The highest BCUT2D eigenvalue weighted by molar-refractivity contribution is 5.92. The standard InChI is InChI=1S/C21H22N4.C5H4N2O2/c1-2-14(12-22-17-5-6-17)10-15(3-1)16-4-9-20-19(11-16)21(24-13-23-20)25-18-7-8-18;8-5(9)4-3-6-1-2-7-4/h1-4,9-11,13,17-18,22H,5-8,12H2,(H,23,24,25);1-3H,(H,8,9). The lowest BCUT2D eigenvalue weighted by molar-refractivity contribution is 0.0690. The highest BCUT2D eigenvalue weighted by atomic mass is 16.4. The van der Waals surface area contributed by atoms with Gasteiger partial charge in [0.05, 0.1) is 11.7 Å². The number of nitrogens with zero attached hydrogens (tertiary/aromatic N) is 4. The first-order valence-electron chi connectivity index (χ1n) is 11.5. The Bertz CT molecular complexity index is 1290. The van der Waals surface area contributed by atoms with Crippen LogP contribution in [-0.4, -0.2) is 43.1 Å². The Morgan fingerprint density at radius 3 is 2.47 bits per heavy atom. The summed E-state index contributed by atoms with van der Waals surface area (Å²) >= 11 is 0. The number of carbonyl (C=O) groups is 1. The van der Waals surface area contributed by atoms with Crippen molar-refractivity contribution in [2.45, 2.75) is 44.3 Å². The molecule has 6 rings (SSSR count). The molecule has 0 radical (unpaired) electrons. The van der Waals surface area contributed by atoms with Gasteiger partial charge in [-0.2, -0.15) is 0 Å². The number of hydrogen-bond donors (Lipinski definition) is 3. The summed E-state index contributed by atoms with van der Waals surface area (Å²) in [6.45, 7) is 0.948. The number of carboxylic acid groups (broad SMARTS) is 1. The second-order valence-electron chi connectivity index (χ2n) is 8.62. The average Bonchev–Trinajstić information content (AvgIpc) is 3.80. The zero-order valence-electron chi connectivity index (χ0n) is 18.7. The van der Waals surface area contributed by atoms with Crippen molar-refractivity contribution in [1.82, 2.24) is 25.3 Å².